The summed E-state index contributed by atoms with van der Waals surface area (Å²) in [6.07, 6.45) is 2.78. The predicted molar refractivity (Wildman–Crippen MR) is 55.9 cm³/mol. The minimum atomic E-state index is -0.577. The summed E-state index contributed by atoms with van der Waals surface area (Å²) < 4.78 is 4.90. The first-order valence-corrected chi connectivity index (χ1v) is 4.67. The number of methoxy groups -OCH3 is 1. The first-order chi connectivity index (χ1) is 7.27. The molecule has 5 heteroatoms. The second-order valence-electron chi connectivity index (χ2n) is 3.03. The lowest BCUT2D eigenvalue weighted by Gasteiger charge is -2.12. The molecule has 1 atom stereocenters. The average Bonchev–Trinajstić information content (AvgIpc) is 2.29. The van der Waals surface area contributed by atoms with Crippen LogP contribution in [-0.4, -0.2) is 30.6 Å². The Bertz CT molecular complexity index is 299. The van der Waals surface area contributed by atoms with E-state index in [-0.39, 0.29) is 12.5 Å². The van der Waals surface area contributed by atoms with E-state index in [1.54, 1.807) is 12.4 Å². The Kier molecular flexibility index (Phi) is 4.73. The van der Waals surface area contributed by atoms with Crippen LogP contribution in [0.15, 0.2) is 24.5 Å². The highest BCUT2D eigenvalue weighted by Crippen LogP contribution is 1.96. The summed E-state index contributed by atoms with van der Waals surface area (Å²) in [7, 11) is 1.46. The average molecular weight is 209 g/mol. The van der Waals surface area contributed by atoms with Crippen molar-refractivity contribution in [3.8, 4) is 0 Å². The Balaban J connectivity index is 2.40. The molecule has 1 amide bonds. The Morgan fingerprint density at radius 3 is 2.80 bits per heavy atom. The number of hydrogen-bond donors (Lipinski definition) is 2. The molecule has 1 rings (SSSR count). The Morgan fingerprint density at radius 2 is 2.27 bits per heavy atom. The molecule has 0 spiro atoms. The number of carbonyl (C=O) groups is 1. The van der Waals surface area contributed by atoms with Gasteiger partial charge in [0.2, 0.25) is 0 Å². The van der Waals surface area contributed by atoms with Gasteiger partial charge in [0, 0.05) is 32.6 Å². The molecular weight excluding hydrogens is 194 g/mol. The summed E-state index contributed by atoms with van der Waals surface area (Å²) in [4.78, 5) is 15.3. The maximum Gasteiger partial charge on any atom is 0.250 e. The SMILES string of the molecule is COC(CN)C(=O)NCc1ccncc1. The minimum Gasteiger partial charge on any atom is -0.370 e. The van der Waals surface area contributed by atoms with Crippen molar-refractivity contribution >= 4 is 5.91 Å². The standard InChI is InChI=1S/C10H15N3O2/c1-15-9(6-11)10(14)13-7-8-2-4-12-5-3-8/h2-5,9H,6-7,11H2,1H3,(H,13,14). The number of aromatic nitrogens is 1. The van der Waals surface area contributed by atoms with Crippen LogP contribution in [0.2, 0.25) is 0 Å². The van der Waals surface area contributed by atoms with E-state index < -0.39 is 6.10 Å². The second-order valence-corrected chi connectivity index (χ2v) is 3.03. The van der Waals surface area contributed by atoms with E-state index >= 15 is 0 Å². The fourth-order valence-electron chi connectivity index (χ4n) is 1.11. The second kappa shape index (κ2) is 6.10. The van der Waals surface area contributed by atoms with Gasteiger partial charge in [-0.2, -0.15) is 0 Å². The molecule has 0 saturated carbocycles. The lowest BCUT2D eigenvalue weighted by Crippen LogP contribution is -2.40. The van der Waals surface area contributed by atoms with E-state index in [9.17, 15) is 4.79 Å². The normalized spacial score (nSPS) is 12.1. The van der Waals surface area contributed by atoms with Gasteiger partial charge in [0.05, 0.1) is 0 Å². The summed E-state index contributed by atoms with van der Waals surface area (Å²) in [5, 5.41) is 2.73. The van der Waals surface area contributed by atoms with Gasteiger partial charge in [-0.05, 0) is 17.7 Å². The molecule has 15 heavy (non-hydrogen) atoms. The monoisotopic (exact) mass is 209 g/mol. The van der Waals surface area contributed by atoms with Crippen LogP contribution >= 0.6 is 0 Å². The van der Waals surface area contributed by atoms with Gasteiger partial charge >= 0.3 is 0 Å². The Morgan fingerprint density at radius 1 is 1.60 bits per heavy atom. The van der Waals surface area contributed by atoms with Crippen LogP contribution < -0.4 is 11.1 Å². The quantitative estimate of drug-likeness (QED) is 0.696. The molecular formula is C10H15N3O2. The third-order valence-corrected chi connectivity index (χ3v) is 2.01. The van der Waals surface area contributed by atoms with Crippen molar-refractivity contribution in [2.75, 3.05) is 13.7 Å². The number of ether oxygens (including phenoxy) is 1. The van der Waals surface area contributed by atoms with Crippen molar-refractivity contribution in [1.29, 1.82) is 0 Å². The summed E-state index contributed by atoms with van der Waals surface area (Å²) in [6.45, 7) is 0.639. The molecule has 0 saturated heterocycles. The first kappa shape index (κ1) is 11.6. The number of nitrogens with two attached hydrogens (primary N) is 1. The lowest BCUT2D eigenvalue weighted by atomic mass is 10.2. The van der Waals surface area contributed by atoms with Crippen LogP contribution in [0, 0.1) is 0 Å². The zero-order valence-corrected chi connectivity index (χ0v) is 8.64. The molecule has 1 unspecified atom stereocenters. The number of carbonyl (C=O) groups excluding carboxylic acids is 1. The van der Waals surface area contributed by atoms with Gasteiger partial charge in [0.25, 0.3) is 5.91 Å². The molecule has 1 aromatic heterocycles. The van der Waals surface area contributed by atoms with Gasteiger partial charge in [0.1, 0.15) is 6.10 Å². The molecule has 5 nitrogen and oxygen atoms in total. The first-order valence-electron chi connectivity index (χ1n) is 4.67. The van der Waals surface area contributed by atoms with Gasteiger partial charge in [0.15, 0.2) is 0 Å². The van der Waals surface area contributed by atoms with Gasteiger partial charge in [-0.1, -0.05) is 0 Å². The minimum absolute atomic E-state index is 0.179. The van der Waals surface area contributed by atoms with E-state index in [0.717, 1.165) is 5.56 Å². The van der Waals surface area contributed by atoms with Crippen molar-refractivity contribution in [2.45, 2.75) is 12.6 Å². The zero-order valence-electron chi connectivity index (χ0n) is 8.64. The Hall–Kier alpha value is -1.46. The summed E-state index contributed by atoms with van der Waals surface area (Å²) in [6, 6.07) is 3.68. The molecule has 1 aromatic rings. The number of rotatable bonds is 5. The van der Waals surface area contributed by atoms with Crippen molar-refractivity contribution < 1.29 is 9.53 Å². The molecule has 0 radical (unpaired) electrons. The molecule has 0 aliphatic carbocycles. The van der Waals surface area contributed by atoms with Crippen LogP contribution in [0.4, 0.5) is 0 Å². The number of hydrogen-bond acceptors (Lipinski definition) is 4. The van der Waals surface area contributed by atoms with Crippen LogP contribution in [0.3, 0.4) is 0 Å². The highest BCUT2D eigenvalue weighted by Gasteiger charge is 2.14. The smallest absolute Gasteiger partial charge is 0.250 e. The van der Waals surface area contributed by atoms with Gasteiger partial charge in [-0.25, -0.2) is 0 Å². The van der Waals surface area contributed by atoms with Crippen molar-refractivity contribution in [2.24, 2.45) is 5.73 Å². The lowest BCUT2D eigenvalue weighted by molar-refractivity contribution is -0.130. The molecule has 0 bridgehead atoms. The molecule has 1 heterocycles. The maximum atomic E-state index is 11.4. The topological polar surface area (TPSA) is 77.2 Å². The zero-order chi connectivity index (χ0) is 11.1. The van der Waals surface area contributed by atoms with E-state index in [4.69, 9.17) is 10.5 Å². The third-order valence-electron chi connectivity index (χ3n) is 2.01. The highest BCUT2D eigenvalue weighted by molar-refractivity contribution is 5.80. The molecule has 3 N–H and O–H groups in total. The summed E-state index contributed by atoms with van der Waals surface area (Å²) in [5.74, 6) is -0.197. The van der Waals surface area contributed by atoms with Crippen LogP contribution in [0.1, 0.15) is 5.56 Å². The van der Waals surface area contributed by atoms with Crippen LogP contribution in [0.5, 0.6) is 0 Å². The van der Waals surface area contributed by atoms with Crippen molar-refractivity contribution in [3.05, 3.63) is 30.1 Å². The Labute approximate surface area is 88.6 Å². The number of pyridine rings is 1. The van der Waals surface area contributed by atoms with Crippen molar-refractivity contribution in [1.82, 2.24) is 10.3 Å². The third kappa shape index (κ3) is 3.65. The van der Waals surface area contributed by atoms with Crippen molar-refractivity contribution in [3.63, 3.8) is 0 Å². The number of nitrogens with zero attached hydrogens (tertiary/aromatic N) is 1. The number of nitrogens with one attached hydrogen (secondary N) is 1. The van der Waals surface area contributed by atoms with E-state index in [2.05, 4.69) is 10.3 Å². The fourth-order valence-corrected chi connectivity index (χ4v) is 1.11. The predicted octanol–water partition coefficient (Wildman–Crippen LogP) is -0.328. The summed E-state index contributed by atoms with van der Waals surface area (Å²) >= 11 is 0. The van der Waals surface area contributed by atoms with Crippen LogP contribution in [-0.2, 0) is 16.1 Å². The van der Waals surface area contributed by atoms with E-state index in [1.165, 1.54) is 7.11 Å². The van der Waals surface area contributed by atoms with Crippen LogP contribution in [0.25, 0.3) is 0 Å². The molecule has 0 fully saturated rings. The largest absolute Gasteiger partial charge is 0.370 e. The molecule has 0 aliphatic heterocycles. The maximum absolute atomic E-state index is 11.4. The fraction of sp³-hybridized carbons (Fsp3) is 0.400. The molecule has 0 aliphatic rings. The van der Waals surface area contributed by atoms with E-state index in [0.29, 0.717) is 6.54 Å². The van der Waals surface area contributed by atoms with E-state index in [1.807, 2.05) is 12.1 Å². The summed E-state index contributed by atoms with van der Waals surface area (Å²) in [5.41, 5.74) is 6.35. The highest BCUT2D eigenvalue weighted by atomic mass is 16.5. The molecule has 0 aromatic carbocycles. The molecule has 82 valence electrons. The van der Waals surface area contributed by atoms with Gasteiger partial charge < -0.3 is 15.8 Å². The van der Waals surface area contributed by atoms with Gasteiger partial charge in [-0.15, -0.1) is 0 Å². The number of amides is 1. The van der Waals surface area contributed by atoms with Gasteiger partial charge in [-0.3, -0.25) is 9.78 Å².